The lowest BCUT2D eigenvalue weighted by Gasteiger charge is -2.28. The van der Waals surface area contributed by atoms with Crippen molar-refractivity contribution in [3.8, 4) is 0 Å². The minimum absolute atomic E-state index is 0.440. The molecule has 1 unspecified atom stereocenters. The molecule has 1 aliphatic rings. The Morgan fingerprint density at radius 3 is 2.73 bits per heavy atom. The largest absolute Gasteiger partial charge is 0.385 e. The normalized spacial score (nSPS) is 20.1. The minimum atomic E-state index is -0.440. The second-order valence-electron chi connectivity index (χ2n) is 4.13. The van der Waals surface area contributed by atoms with E-state index >= 15 is 0 Å². The van der Waals surface area contributed by atoms with E-state index in [1.54, 1.807) is 6.20 Å². The zero-order chi connectivity index (χ0) is 10.5. The fraction of sp³-hybridized carbons (Fsp3) is 0.583. The molecule has 1 aliphatic heterocycles. The molecule has 1 N–H and O–H groups in total. The van der Waals surface area contributed by atoms with Crippen LogP contribution in [0.25, 0.3) is 0 Å². The summed E-state index contributed by atoms with van der Waals surface area (Å²) in [5, 5.41) is 9.97. The Hall–Kier alpha value is -0.930. The Morgan fingerprint density at radius 1 is 1.27 bits per heavy atom. The number of likely N-dealkylation sites (tertiary alicyclic amines) is 1. The van der Waals surface area contributed by atoms with Gasteiger partial charge in [-0.15, -0.1) is 0 Å². The van der Waals surface area contributed by atoms with E-state index in [4.69, 9.17) is 0 Å². The first-order chi connectivity index (χ1) is 7.36. The Morgan fingerprint density at radius 2 is 2.07 bits per heavy atom. The summed E-state index contributed by atoms with van der Waals surface area (Å²) in [5.41, 5.74) is 0.781. The first-order valence-corrected chi connectivity index (χ1v) is 5.67. The summed E-state index contributed by atoms with van der Waals surface area (Å²) in [4.78, 5) is 6.49. The fourth-order valence-corrected chi connectivity index (χ4v) is 2.05. The molecule has 0 spiro atoms. The SMILES string of the molecule is OC(CN1CCCCC1)c1ccccn1. The number of pyridine rings is 1. The molecule has 1 saturated heterocycles. The van der Waals surface area contributed by atoms with Crippen LogP contribution < -0.4 is 0 Å². The highest BCUT2D eigenvalue weighted by molar-refractivity contribution is 5.06. The Balaban J connectivity index is 1.88. The molecule has 1 aromatic heterocycles. The molecule has 0 bridgehead atoms. The van der Waals surface area contributed by atoms with Crippen LogP contribution in [0, 0.1) is 0 Å². The van der Waals surface area contributed by atoms with E-state index in [0.717, 1.165) is 25.3 Å². The monoisotopic (exact) mass is 206 g/mol. The maximum Gasteiger partial charge on any atom is 0.109 e. The lowest BCUT2D eigenvalue weighted by Crippen LogP contribution is -2.33. The van der Waals surface area contributed by atoms with Crippen LogP contribution in [0.5, 0.6) is 0 Å². The summed E-state index contributed by atoms with van der Waals surface area (Å²) in [6.07, 6.45) is 5.14. The third-order valence-corrected chi connectivity index (χ3v) is 2.91. The number of aliphatic hydroxyl groups excluding tert-OH is 1. The summed E-state index contributed by atoms with van der Waals surface area (Å²) >= 11 is 0. The maximum atomic E-state index is 9.97. The Bertz CT molecular complexity index is 283. The van der Waals surface area contributed by atoms with E-state index in [2.05, 4.69) is 9.88 Å². The predicted molar refractivity (Wildman–Crippen MR) is 59.5 cm³/mol. The average Bonchev–Trinajstić information content (AvgIpc) is 2.31. The topological polar surface area (TPSA) is 36.4 Å². The van der Waals surface area contributed by atoms with Crippen molar-refractivity contribution in [3.05, 3.63) is 30.1 Å². The lowest BCUT2D eigenvalue weighted by atomic mass is 10.1. The molecule has 82 valence electrons. The maximum absolute atomic E-state index is 9.97. The first-order valence-electron chi connectivity index (χ1n) is 5.67. The van der Waals surface area contributed by atoms with Crippen molar-refractivity contribution in [2.24, 2.45) is 0 Å². The Kier molecular flexibility index (Phi) is 3.69. The molecule has 0 amide bonds. The van der Waals surface area contributed by atoms with Crippen LogP contribution in [0.4, 0.5) is 0 Å². The van der Waals surface area contributed by atoms with Gasteiger partial charge in [0.15, 0.2) is 0 Å². The van der Waals surface area contributed by atoms with Crippen molar-refractivity contribution in [2.75, 3.05) is 19.6 Å². The van der Waals surface area contributed by atoms with Gasteiger partial charge in [0, 0.05) is 12.7 Å². The first kappa shape index (κ1) is 10.6. The molecule has 0 aromatic carbocycles. The zero-order valence-corrected chi connectivity index (χ0v) is 8.97. The molecule has 1 fully saturated rings. The molecular weight excluding hydrogens is 188 g/mol. The minimum Gasteiger partial charge on any atom is -0.385 e. The van der Waals surface area contributed by atoms with E-state index in [1.165, 1.54) is 19.3 Å². The fourth-order valence-electron chi connectivity index (χ4n) is 2.05. The van der Waals surface area contributed by atoms with Gasteiger partial charge in [0.25, 0.3) is 0 Å². The van der Waals surface area contributed by atoms with Gasteiger partial charge in [-0.05, 0) is 38.1 Å². The van der Waals surface area contributed by atoms with Crippen LogP contribution in [0.1, 0.15) is 31.1 Å². The van der Waals surface area contributed by atoms with Gasteiger partial charge in [-0.2, -0.15) is 0 Å². The van der Waals surface area contributed by atoms with Crippen molar-refractivity contribution < 1.29 is 5.11 Å². The molecule has 3 nitrogen and oxygen atoms in total. The van der Waals surface area contributed by atoms with Crippen LogP contribution >= 0.6 is 0 Å². The number of rotatable bonds is 3. The second kappa shape index (κ2) is 5.24. The molecular formula is C12H18N2O. The summed E-state index contributed by atoms with van der Waals surface area (Å²) < 4.78 is 0. The van der Waals surface area contributed by atoms with Gasteiger partial charge in [-0.1, -0.05) is 12.5 Å². The molecule has 0 saturated carbocycles. The van der Waals surface area contributed by atoms with Gasteiger partial charge in [0.1, 0.15) is 6.10 Å². The van der Waals surface area contributed by atoms with Crippen molar-refractivity contribution in [2.45, 2.75) is 25.4 Å². The Labute approximate surface area is 90.8 Å². The van der Waals surface area contributed by atoms with Crippen molar-refractivity contribution in [1.82, 2.24) is 9.88 Å². The van der Waals surface area contributed by atoms with Crippen LogP contribution in [-0.4, -0.2) is 34.6 Å². The summed E-state index contributed by atoms with van der Waals surface area (Å²) in [6.45, 7) is 2.95. The van der Waals surface area contributed by atoms with Crippen LogP contribution in [-0.2, 0) is 0 Å². The highest BCUT2D eigenvalue weighted by Gasteiger charge is 2.16. The third kappa shape index (κ3) is 3.01. The summed E-state index contributed by atoms with van der Waals surface area (Å²) in [5.74, 6) is 0. The number of nitrogens with zero attached hydrogens (tertiary/aromatic N) is 2. The van der Waals surface area contributed by atoms with E-state index in [0.29, 0.717) is 0 Å². The molecule has 2 heterocycles. The summed E-state index contributed by atoms with van der Waals surface area (Å²) in [7, 11) is 0. The highest BCUT2D eigenvalue weighted by Crippen LogP contribution is 2.15. The van der Waals surface area contributed by atoms with Gasteiger partial charge in [-0.3, -0.25) is 4.98 Å². The molecule has 0 aliphatic carbocycles. The van der Waals surface area contributed by atoms with Crippen LogP contribution in [0.15, 0.2) is 24.4 Å². The number of aromatic nitrogens is 1. The molecule has 0 radical (unpaired) electrons. The van der Waals surface area contributed by atoms with Gasteiger partial charge in [0.2, 0.25) is 0 Å². The van der Waals surface area contributed by atoms with E-state index in [9.17, 15) is 5.11 Å². The molecule has 1 atom stereocenters. The van der Waals surface area contributed by atoms with E-state index in [1.807, 2.05) is 18.2 Å². The number of hydrogen-bond donors (Lipinski definition) is 1. The van der Waals surface area contributed by atoms with Crippen LogP contribution in [0.3, 0.4) is 0 Å². The van der Waals surface area contributed by atoms with Crippen molar-refractivity contribution in [3.63, 3.8) is 0 Å². The number of β-amino-alcohol motifs (C(OH)–C–C–N with tert-alkyl or cyclic N) is 1. The second-order valence-corrected chi connectivity index (χ2v) is 4.13. The molecule has 3 heteroatoms. The average molecular weight is 206 g/mol. The van der Waals surface area contributed by atoms with E-state index < -0.39 is 6.10 Å². The van der Waals surface area contributed by atoms with Crippen molar-refractivity contribution >= 4 is 0 Å². The quantitative estimate of drug-likeness (QED) is 0.816. The number of piperidine rings is 1. The third-order valence-electron chi connectivity index (χ3n) is 2.91. The standard InChI is InChI=1S/C12H18N2O/c15-12(11-6-2-3-7-13-11)10-14-8-4-1-5-9-14/h2-3,6-7,12,15H,1,4-5,8-10H2. The molecule has 1 aromatic rings. The van der Waals surface area contributed by atoms with E-state index in [-0.39, 0.29) is 0 Å². The molecule has 2 rings (SSSR count). The number of aliphatic hydroxyl groups is 1. The lowest BCUT2D eigenvalue weighted by molar-refractivity contribution is 0.0984. The van der Waals surface area contributed by atoms with Gasteiger partial charge in [0.05, 0.1) is 5.69 Å². The molecule has 15 heavy (non-hydrogen) atoms. The van der Waals surface area contributed by atoms with Crippen LogP contribution in [0.2, 0.25) is 0 Å². The van der Waals surface area contributed by atoms with Gasteiger partial charge >= 0.3 is 0 Å². The highest BCUT2D eigenvalue weighted by atomic mass is 16.3. The number of hydrogen-bond acceptors (Lipinski definition) is 3. The van der Waals surface area contributed by atoms with Gasteiger partial charge in [-0.25, -0.2) is 0 Å². The van der Waals surface area contributed by atoms with Crippen molar-refractivity contribution in [1.29, 1.82) is 0 Å². The smallest absolute Gasteiger partial charge is 0.109 e. The predicted octanol–water partition coefficient (Wildman–Crippen LogP) is 1.60. The summed E-state index contributed by atoms with van der Waals surface area (Å²) in [6, 6.07) is 5.67. The zero-order valence-electron chi connectivity index (χ0n) is 8.97. The van der Waals surface area contributed by atoms with Gasteiger partial charge < -0.3 is 10.0 Å².